The fourth-order valence-electron chi connectivity index (χ4n) is 0. The molecule has 0 bridgehead atoms. The van der Waals surface area contributed by atoms with E-state index >= 15 is 0 Å². The molecule has 3 nitrogen and oxygen atoms in total. The van der Waals surface area contributed by atoms with Gasteiger partial charge in [-0.15, -0.1) is 0 Å². The van der Waals surface area contributed by atoms with Gasteiger partial charge in [0.1, 0.15) is 0 Å². The zero-order chi connectivity index (χ0) is 6.00. The molecule has 0 atom stereocenters. The first-order chi connectivity index (χ1) is 3.00. The van der Waals surface area contributed by atoms with Crippen LogP contribution >= 0.6 is 0 Å². The number of hydrogen-bond donors (Lipinski definition) is 0. The van der Waals surface area contributed by atoms with Crippen molar-refractivity contribution in [2.45, 2.75) is 0 Å². The molecule has 0 aromatic heterocycles. The van der Waals surface area contributed by atoms with Crippen molar-refractivity contribution < 1.29 is 69.3 Å². The third kappa shape index (κ3) is 50.9. The van der Waals surface area contributed by atoms with E-state index in [-0.39, 0.29) is 93.7 Å². The van der Waals surface area contributed by atoms with Crippen molar-refractivity contribution in [1.82, 2.24) is 0 Å². The average Bonchev–Trinajstić information content (AvgIpc) is 1.81. The van der Waals surface area contributed by atoms with Crippen molar-refractivity contribution in [2.75, 3.05) is 0 Å². The number of hydrogen-bond acceptors (Lipinski definition) is 3. The third-order valence-corrected chi connectivity index (χ3v) is 0. The van der Waals surface area contributed by atoms with Gasteiger partial charge in [0, 0.05) is 0 Å². The molecule has 8 heteroatoms. The first kappa shape index (κ1) is 29.7. The van der Waals surface area contributed by atoms with Crippen LogP contribution in [0.2, 0.25) is 0 Å². The van der Waals surface area contributed by atoms with E-state index in [9.17, 15) is 0 Å². The molecular weight excluding hydrogens is 289 g/mol. The first-order valence-corrected chi connectivity index (χ1v) is 3.18. The Balaban J connectivity index is -0.00000000500. The fraction of sp³-hybridized carbons (Fsp3) is 0. The van der Waals surface area contributed by atoms with Gasteiger partial charge in [-0.2, -0.15) is 0 Å². The summed E-state index contributed by atoms with van der Waals surface area (Å²) in [5.74, 6) is 0. The maximum absolute atomic E-state index is 8.38. The van der Waals surface area contributed by atoms with E-state index in [1.165, 1.54) is 0 Å². The quantitative estimate of drug-likeness (QED) is 0.477. The zero-order valence-electron chi connectivity index (χ0n) is 2.93. The summed E-state index contributed by atoms with van der Waals surface area (Å²) in [6.45, 7) is 0. The van der Waals surface area contributed by atoms with Crippen LogP contribution < -0.4 is 0 Å². The van der Waals surface area contributed by atoms with E-state index in [0.29, 0.717) is 0 Å². The van der Waals surface area contributed by atoms with Crippen molar-refractivity contribution in [2.24, 2.45) is 0 Å². The van der Waals surface area contributed by atoms with Gasteiger partial charge in [-0.25, -0.2) is 0 Å². The van der Waals surface area contributed by atoms with Crippen LogP contribution in [0.15, 0.2) is 0 Å². The summed E-state index contributed by atoms with van der Waals surface area (Å²) >= 11 is 1.62. The summed E-state index contributed by atoms with van der Waals surface area (Å²) in [5.41, 5.74) is 0. The van der Waals surface area contributed by atoms with Gasteiger partial charge in [0.05, 0.1) is 0 Å². The Morgan fingerprint density at radius 3 is 0.750 bits per heavy atom. The van der Waals surface area contributed by atoms with Gasteiger partial charge in [-0.1, -0.05) is 0 Å². The molecule has 0 fully saturated rings. The van der Waals surface area contributed by atoms with Gasteiger partial charge in [0.15, 0.2) is 0 Å². The second-order valence-corrected chi connectivity index (χ2v) is 0. The van der Waals surface area contributed by atoms with E-state index in [4.69, 9.17) is 10.2 Å². The molecule has 36 valence electrons. The number of rotatable bonds is 0. The minimum atomic E-state index is 0. The Kier molecular flexibility index (Phi) is 256. The third-order valence-electron chi connectivity index (χ3n) is 0. The monoisotopic (exact) mass is 292 g/mol. The minimum absolute atomic E-state index is 0. The standard InChI is InChI=1S/2Ca.3O.2Ti.Zn.4H. The molecule has 0 unspecified atom stereocenters. The normalized spacial score (nSPS) is 1.50. The molecule has 0 amide bonds. The molecule has 0 aromatic rings. The van der Waals surface area contributed by atoms with Crippen LogP contribution in [0, 0.1) is 0 Å². The van der Waals surface area contributed by atoms with Crippen LogP contribution in [0.25, 0.3) is 0 Å². The molecule has 8 heavy (non-hydrogen) atoms. The van der Waals surface area contributed by atoms with E-state index in [0.717, 1.165) is 40.8 Å². The van der Waals surface area contributed by atoms with Crippen LogP contribution in [0.4, 0.5) is 0 Å². The van der Waals surface area contributed by atoms with Crippen LogP contribution in [0.5, 0.6) is 0 Å². The van der Waals surface area contributed by atoms with E-state index in [1.807, 2.05) is 0 Å². The molecular formula is H4Ca2O3Ti2Zn. The van der Waals surface area contributed by atoms with Gasteiger partial charge >= 0.3 is 145 Å². The zero-order valence-corrected chi connectivity index (χ0v) is 9.02. The predicted octanol–water partition coefficient (Wildman–Crippen LogP) is -2.20. The summed E-state index contributed by atoms with van der Waals surface area (Å²) in [7, 11) is 0. The Bertz CT molecular complexity index is 20.0. The second kappa shape index (κ2) is 69.2. The van der Waals surface area contributed by atoms with Gasteiger partial charge < -0.3 is 0 Å². The fourth-order valence-corrected chi connectivity index (χ4v) is 0. The first-order valence-electron chi connectivity index (χ1n) is 0.697. The van der Waals surface area contributed by atoms with E-state index in [1.54, 1.807) is 0 Å². The summed E-state index contributed by atoms with van der Waals surface area (Å²) in [6, 6.07) is 0. The molecule has 0 radical (unpaired) electrons. The van der Waals surface area contributed by atoms with Crippen molar-refractivity contribution >= 4 is 75.5 Å². The van der Waals surface area contributed by atoms with Crippen molar-refractivity contribution in [1.29, 1.82) is 0 Å². The average molecular weight is 293 g/mol. The summed E-state index contributed by atoms with van der Waals surface area (Å²) in [5, 5.41) is 0. The molecule has 0 aliphatic carbocycles. The van der Waals surface area contributed by atoms with Crippen LogP contribution in [0.3, 0.4) is 0 Å². The Morgan fingerprint density at radius 2 is 0.750 bits per heavy atom. The van der Waals surface area contributed by atoms with Gasteiger partial charge in [-0.3, -0.25) is 0 Å². The SMILES string of the molecule is [CaH2].[CaH2].[O]=[Ti].[O]=[Ti].[O]=[Zn]. The molecule has 0 rings (SSSR count). The molecule has 0 aromatic carbocycles. The van der Waals surface area contributed by atoms with Crippen LogP contribution in [0.1, 0.15) is 0 Å². The predicted molar refractivity (Wildman–Crippen MR) is 19.1 cm³/mol. The Hall–Kier alpha value is 3.97. The van der Waals surface area contributed by atoms with E-state index < -0.39 is 0 Å². The summed E-state index contributed by atoms with van der Waals surface area (Å²) < 4.78 is 24.9. The molecule has 0 aliphatic heterocycles. The summed E-state index contributed by atoms with van der Waals surface area (Å²) in [4.78, 5) is 0. The van der Waals surface area contributed by atoms with Crippen molar-refractivity contribution in [3.63, 3.8) is 0 Å². The molecule has 0 spiro atoms. The Labute approximate surface area is 141 Å². The van der Waals surface area contributed by atoms with Crippen LogP contribution in [-0.4, -0.2) is 75.5 Å². The maximum atomic E-state index is 8.38. The van der Waals surface area contributed by atoms with Crippen molar-refractivity contribution in [3.05, 3.63) is 0 Å². The van der Waals surface area contributed by atoms with Gasteiger partial charge in [0.25, 0.3) is 0 Å². The summed E-state index contributed by atoms with van der Waals surface area (Å²) in [6.07, 6.45) is 0. The molecule has 0 N–H and O–H groups in total. The second-order valence-electron chi connectivity index (χ2n) is 0. The molecule has 0 saturated carbocycles. The molecule has 0 heterocycles. The van der Waals surface area contributed by atoms with Crippen LogP contribution in [-0.2, 0) is 69.3 Å². The Morgan fingerprint density at radius 1 is 0.750 bits per heavy atom. The molecule has 0 aliphatic rings. The van der Waals surface area contributed by atoms with Crippen molar-refractivity contribution in [3.8, 4) is 0 Å². The van der Waals surface area contributed by atoms with Gasteiger partial charge in [0.2, 0.25) is 0 Å². The topological polar surface area (TPSA) is 51.2 Å². The van der Waals surface area contributed by atoms with Gasteiger partial charge in [-0.05, 0) is 0 Å². The van der Waals surface area contributed by atoms with E-state index in [2.05, 4.69) is 0 Å². The molecule has 0 saturated heterocycles.